The van der Waals surface area contributed by atoms with E-state index in [-0.39, 0.29) is 33.7 Å². The lowest BCUT2D eigenvalue weighted by molar-refractivity contribution is -0.180. The highest BCUT2D eigenvalue weighted by molar-refractivity contribution is 7.92. The summed E-state index contributed by atoms with van der Waals surface area (Å²) in [4.78, 5) is 27.9. The first-order chi connectivity index (χ1) is 18.9. The van der Waals surface area contributed by atoms with E-state index in [0.717, 1.165) is 25.7 Å². The topological polar surface area (TPSA) is 108 Å². The van der Waals surface area contributed by atoms with E-state index in [2.05, 4.69) is 0 Å². The summed E-state index contributed by atoms with van der Waals surface area (Å²) in [5.74, 6) is -0.977. The zero-order valence-corrected chi connectivity index (χ0v) is 24.1. The summed E-state index contributed by atoms with van der Waals surface area (Å²) in [6.45, 7) is 8.32. The van der Waals surface area contributed by atoms with Crippen molar-refractivity contribution in [3.8, 4) is 0 Å². The molecule has 0 unspecified atom stereocenters. The van der Waals surface area contributed by atoms with Crippen LogP contribution in [0.3, 0.4) is 0 Å². The van der Waals surface area contributed by atoms with Crippen LogP contribution in [0.2, 0.25) is 0 Å². The fraction of sp³-hybridized carbons (Fsp3) is 0.467. The fourth-order valence-electron chi connectivity index (χ4n) is 5.47. The fourth-order valence-corrected chi connectivity index (χ4v) is 7.07. The molecule has 1 aliphatic carbocycles. The maximum Gasteiger partial charge on any atom is 0.419 e. The van der Waals surface area contributed by atoms with Crippen LogP contribution in [-0.4, -0.2) is 51.7 Å². The lowest BCUT2D eigenvalue weighted by Gasteiger charge is -2.34. The van der Waals surface area contributed by atoms with Crippen molar-refractivity contribution in [1.29, 1.82) is 0 Å². The van der Waals surface area contributed by atoms with Crippen molar-refractivity contribution in [2.45, 2.75) is 74.6 Å². The summed E-state index contributed by atoms with van der Waals surface area (Å²) in [6, 6.07) is 10.9. The summed E-state index contributed by atoms with van der Waals surface area (Å²) in [5, 5.41) is 0. The van der Waals surface area contributed by atoms with Crippen molar-refractivity contribution in [1.82, 2.24) is 0 Å². The average Bonchev–Trinajstić information content (AvgIpc) is 3.35. The number of rotatable bonds is 4. The number of esters is 1. The molecule has 0 bridgehead atoms. The maximum atomic E-state index is 13.6. The molecule has 10 heteroatoms. The first-order valence-corrected chi connectivity index (χ1v) is 15.1. The number of sulfone groups is 1. The van der Waals surface area contributed by atoms with Crippen LogP contribution in [0.1, 0.15) is 58.9 Å². The largest absolute Gasteiger partial charge is 0.462 e. The van der Waals surface area contributed by atoms with E-state index in [1.165, 1.54) is 17.0 Å². The Labute approximate surface area is 235 Å². The highest BCUT2D eigenvalue weighted by Gasteiger charge is 2.41. The predicted molar refractivity (Wildman–Crippen MR) is 148 cm³/mol. The van der Waals surface area contributed by atoms with Crippen molar-refractivity contribution >= 4 is 38.8 Å². The van der Waals surface area contributed by atoms with Gasteiger partial charge in [-0.05, 0) is 76.3 Å². The van der Waals surface area contributed by atoms with Gasteiger partial charge in [0.15, 0.2) is 5.79 Å². The number of anilines is 2. The third kappa shape index (κ3) is 5.40. The van der Waals surface area contributed by atoms with Gasteiger partial charge in [0.2, 0.25) is 9.84 Å². The molecule has 1 amide bonds. The molecule has 5 rings (SSSR count). The van der Waals surface area contributed by atoms with Crippen LogP contribution in [-0.2, 0) is 33.6 Å². The van der Waals surface area contributed by atoms with E-state index in [1.807, 2.05) is 6.08 Å². The second-order valence-electron chi connectivity index (χ2n) is 11.2. The van der Waals surface area contributed by atoms with Crippen molar-refractivity contribution in [2.75, 3.05) is 24.7 Å². The predicted octanol–water partition coefficient (Wildman–Crippen LogP) is 5.79. The van der Waals surface area contributed by atoms with Crippen LogP contribution in [0.15, 0.2) is 58.3 Å². The highest BCUT2D eigenvalue weighted by atomic mass is 32.2. The molecule has 2 fully saturated rings. The lowest BCUT2D eigenvalue weighted by Crippen LogP contribution is -2.37. The van der Waals surface area contributed by atoms with E-state index >= 15 is 0 Å². The van der Waals surface area contributed by atoms with Crippen LogP contribution < -0.4 is 4.90 Å². The Balaban J connectivity index is 1.58. The number of nitrogens with zero attached hydrogens (tertiary/aromatic N) is 1. The molecule has 2 heterocycles. The molecular formula is C30H35NO8S. The molecular weight excluding hydrogens is 534 g/mol. The summed E-state index contributed by atoms with van der Waals surface area (Å²) in [7, 11) is -3.94. The molecule has 40 heavy (non-hydrogen) atoms. The van der Waals surface area contributed by atoms with Crippen molar-refractivity contribution < 1.29 is 37.0 Å². The third-order valence-electron chi connectivity index (χ3n) is 7.28. The van der Waals surface area contributed by atoms with E-state index < -0.39 is 33.3 Å². The van der Waals surface area contributed by atoms with Gasteiger partial charge >= 0.3 is 12.1 Å². The number of carbonyl (C=O) groups excluding carboxylic acids is 2. The lowest BCUT2D eigenvalue weighted by atomic mass is 9.83. The monoisotopic (exact) mass is 569 g/mol. The minimum absolute atomic E-state index is 0.00903. The van der Waals surface area contributed by atoms with Gasteiger partial charge in [0.1, 0.15) is 5.60 Å². The molecule has 1 spiro atoms. The number of carbonyl (C=O) groups is 2. The molecule has 2 aromatic rings. The van der Waals surface area contributed by atoms with Gasteiger partial charge in [0.05, 0.1) is 46.6 Å². The van der Waals surface area contributed by atoms with E-state index in [0.29, 0.717) is 24.4 Å². The van der Waals surface area contributed by atoms with Crippen molar-refractivity contribution in [2.24, 2.45) is 5.92 Å². The molecule has 2 aliphatic heterocycles. The summed E-state index contributed by atoms with van der Waals surface area (Å²) in [6.07, 6.45) is 4.14. The van der Waals surface area contributed by atoms with Crippen molar-refractivity contribution in [3.63, 3.8) is 0 Å². The van der Waals surface area contributed by atoms with Gasteiger partial charge < -0.3 is 18.9 Å². The number of amides is 1. The number of hydrogen-bond donors (Lipinski definition) is 0. The molecule has 0 radical (unpaired) electrons. The number of para-hydroxylation sites is 1. The van der Waals surface area contributed by atoms with Crippen LogP contribution in [0.4, 0.5) is 16.2 Å². The summed E-state index contributed by atoms with van der Waals surface area (Å²) >= 11 is 0. The molecule has 0 atom stereocenters. The minimum atomic E-state index is -3.94. The van der Waals surface area contributed by atoms with E-state index in [1.54, 1.807) is 58.0 Å². The summed E-state index contributed by atoms with van der Waals surface area (Å²) < 4.78 is 50.0. The van der Waals surface area contributed by atoms with Gasteiger partial charge in [0.25, 0.3) is 0 Å². The standard InChI is InChI=1S/C30H35NO8S/c1-5-36-27(32)22(18-20-12-14-30(15-13-20)37-16-17-38-30)21-10-11-26-24(19-21)31(28(33)39-29(2,3)4)23-8-6-7-9-25(23)40(26,34)35/h6-11,18-20H,5,12-17H2,1-4H3. The molecule has 9 nitrogen and oxygen atoms in total. The van der Waals surface area contributed by atoms with Crippen molar-refractivity contribution in [3.05, 3.63) is 54.1 Å². The van der Waals surface area contributed by atoms with Crippen LogP contribution in [0, 0.1) is 5.92 Å². The smallest absolute Gasteiger partial charge is 0.419 e. The normalized spacial score (nSPS) is 20.1. The van der Waals surface area contributed by atoms with Crippen LogP contribution in [0.5, 0.6) is 0 Å². The van der Waals surface area contributed by atoms with Gasteiger partial charge in [-0.2, -0.15) is 0 Å². The SMILES string of the molecule is CCOC(=O)C(=CC1CCC2(CC1)OCCO2)c1ccc2c(c1)N(C(=O)OC(C)(C)C)c1ccccc1S2(=O)=O. The van der Waals surface area contributed by atoms with E-state index in [9.17, 15) is 18.0 Å². The maximum absolute atomic E-state index is 13.6. The summed E-state index contributed by atoms with van der Waals surface area (Å²) in [5.41, 5.74) is 0.266. The second-order valence-corrected chi connectivity index (χ2v) is 13.1. The molecule has 2 aromatic carbocycles. The Kier molecular flexibility index (Phi) is 7.54. The van der Waals surface area contributed by atoms with Gasteiger partial charge in [-0.1, -0.05) is 24.3 Å². The number of hydrogen-bond acceptors (Lipinski definition) is 8. The first-order valence-electron chi connectivity index (χ1n) is 13.6. The zero-order chi connectivity index (χ0) is 28.7. The second kappa shape index (κ2) is 10.6. The Hall–Kier alpha value is -3.21. The Morgan fingerprint density at radius 2 is 1.68 bits per heavy atom. The molecule has 1 saturated heterocycles. The van der Waals surface area contributed by atoms with Crippen LogP contribution >= 0.6 is 0 Å². The van der Waals surface area contributed by atoms with Crippen LogP contribution in [0.25, 0.3) is 5.57 Å². The van der Waals surface area contributed by atoms with Gasteiger partial charge in [-0.3, -0.25) is 0 Å². The minimum Gasteiger partial charge on any atom is -0.462 e. The Morgan fingerprint density at radius 1 is 1.02 bits per heavy atom. The van der Waals surface area contributed by atoms with E-state index in [4.69, 9.17) is 18.9 Å². The number of allylic oxidation sites excluding steroid dienone is 1. The average molecular weight is 570 g/mol. The Morgan fingerprint density at radius 3 is 2.33 bits per heavy atom. The number of ether oxygens (including phenoxy) is 4. The number of fused-ring (bicyclic) bond motifs is 2. The molecule has 3 aliphatic rings. The molecule has 1 saturated carbocycles. The quantitative estimate of drug-likeness (QED) is 0.337. The first kappa shape index (κ1) is 28.3. The van der Waals surface area contributed by atoms with Gasteiger partial charge in [0, 0.05) is 12.8 Å². The highest BCUT2D eigenvalue weighted by Crippen LogP contribution is 2.46. The molecule has 214 valence electrons. The number of benzene rings is 2. The molecule has 0 aromatic heterocycles. The van der Waals surface area contributed by atoms with Gasteiger partial charge in [-0.25, -0.2) is 22.9 Å². The van der Waals surface area contributed by atoms with Gasteiger partial charge in [-0.15, -0.1) is 0 Å². The third-order valence-corrected chi connectivity index (χ3v) is 9.12. The zero-order valence-electron chi connectivity index (χ0n) is 23.3. The molecule has 0 N–H and O–H groups in total. The Bertz CT molecular complexity index is 1440.